The van der Waals surface area contributed by atoms with E-state index in [0.29, 0.717) is 12.6 Å². The molecule has 0 bridgehead atoms. The molecule has 1 fully saturated rings. The number of amides is 1. The van der Waals surface area contributed by atoms with Crippen LogP contribution in [0.4, 0.5) is 0 Å². The molecule has 0 saturated carbocycles. The van der Waals surface area contributed by atoms with E-state index in [-0.39, 0.29) is 11.3 Å². The summed E-state index contributed by atoms with van der Waals surface area (Å²) in [7, 11) is 0. The number of rotatable bonds is 3. The number of nitrogens with two attached hydrogens (primary N) is 1. The lowest BCUT2D eigenvalue weighted by Crippen LogP contribution is -2.37. The number of carbonyl (C=O) groups excluding carboxylic acids is 1. The summed E-state index contributed by atoms with van der Waals surface area (Å²) in [4.78, 5) is 14.7. The Morgan fingerprint density at radius 3 is 2.50 bits per heavy atom. The van der Waals surface area contributed by atoms with Gasteiger partial charge in [0.25, 0.3) is 5.91 Å². The van der Waals surface area contributed by atoms with Gasteiger partial charge in [-0.2, -0.15) is 0 Å². The van der Waals surface area contributed by atoms with Crippen LogP contribution in [0.2, 0.25) is 0 Å². The molecule has 1 aliphatic rings. The standard InChI is InChI=1S/C17H26N2O/c1-17(2,3)11-15-5-4-10-19(15)16(20)14-8-6-13(12-18)7-9-14/h6-9,15H,4-5,10-12,18H2,1-3H3/t15-/m1/s1. The fourth-order valence-electron chi connectivity index (χ4n) is 2.97. The van der Waals surface area contributed by atoms with Crippen molar-refractivity contribution in [2.45, 2.75) is 52.6 Å². The van der Waals surface area contributed by atoms with Gasteiger partial charge in [0.05, 0.1) is 0 Å². The maximum absolute atomic E-state index is 12.6. The van der Waals surface area contributed by atoms with Crippen molar-refractivity contribution in [1.82, 2.24) is 4.90 Å². The van der Waals surface area contributed by atoms with E-state index in [0.717, 1.165) is 36.9 Å². The molecule has 1 heterocycles. The molecular weight excluding hydrogens is 248 g/mol. The molecule has 20 heavy (non-hydrogen) atoms. The van der Waals surface area contributed by atoms with Crippen molar-refractivity contribution in [3.63, 3.8) is 0 Å². The largest absolute Gasteiger partial charge is 0.336 e. The molecule has 1 aromatic rings. The molecule has 1 amide bonds. The van der Waals surface area contributed by atoms with Gasteiger partial charge in [-0.3, -0.25) is 4.79 Å². The predicted octanol–water partition coefficient (Wildman–Crippen LogP) is 3.19. The quantitative estimate of drug-likeness (QED) is 0.920. The Hall–Kier alpha value is -1.35. The SMILES string of the molecule is CC(C)(C)C[C@H]1CCCN1C(=O)c1ccc(CN)cc1. The minimum absolute atomic E-state index is 0.167. The number of hydrogen-bond donors (Lipinski definition) is 1. The van der Waals surface area contributed by atoms with Crippen LogP contribution >= 0.6 is 0 Å². The molecule has 1 atom stereocenters. The summed E-state index contributed by atoms with van der Waals surface area (Å²) in [6.07, 6.45) is 3.32. The fourth-order valence-corrected chi connectivity index (χ4v) is 2.97. The Bertz CT molecular complexity index is 459. The summed E-state index contributed by atoms with van der Waals surface area (Å²) < 4.78 is 0. The molecule has 0 spiro atoms. The fraction of sp³-hybridized carbons (Fsp3) is 0.588. The summed E-state index contributed by atoms with van der Waals surface area (Å²) in [5.41, 5.74) is 7.70. The Morgan fingerprint density at radius 1 is 1.30 bits per heavy atom. The molecule has 0 aromatic heterocycles. The highest BCUT2D eigenvalue weighted by Crippen LogP contribution is 2.30. The molecule has 0 aliphatic carbocycles. The van der Waals surface area contributed by atoms with Gasteiger partial charge in [-0.25, -0.2) is 0 Å². The molecule has 1 aromatic carbocycles. The lowest BCUT2D eigenvalue weighted by Gasteiger charge is -2.30. The van der Waals surface area contributed by atoms with Crippen LogP contribution in [-0.4, -0.2) is 23.4 Å². The summed E-state index contributed by atoms with van der Waals surface area (Å²) in [5.74, 6) is 0.167. The van der Waals surface area contributed by atoms with Crippen LogP contribution in [0, 0.1) is 5.41 Å². The van der Waals surface area contributed by atoms with Gasteiger partial charge in [0.1, 0.15) is 0 Å². The second-order valence-corrected chi connectivity index (χ2v) is 6.96. The molecular formula is C17H26N2O. The first-order chi connectivity index (χ1) is 9.40. The molecule has 2 N–H and O–H groups in total. The van der Waals surface area contributed by atoms with Gasteiger partial charge >= 0.3 is 0 Å². The minimum Gasteiger partial charge on any atom is -0.336 e. The molecule has 3 heteroatoms. The van der Waals surface area contributed by atoms with E-state index in [1.165, 1.54) is 0 Å². The second-order valence-electron chi connectivity index (χ2n) is 6.96. The lowest BCUT2D eigenvalue weighted by atomic mass is 9.87. The van der Waals surface area contributed by atoms with Crippen LogP contribution in [0.15, 0.2) is 24.3 Å². The minimum atomic E-state index is 0.167. The first-order valence-electron chi connectivity index (χ1n) is 7.51. The highest BCUT2D eigenvalue weighted by Gasteiger charge is 2.32. The second kappa shape index (κ2) is 5.96. The topological polar surface area (TPSA) is 46.3 Å². The smallest absolute Gasteiger partial charge is 0.254 e. The number of benzene rings is 1. The van der Waals surface area contributed by atoms with E-state index in [4.69, 9.17) is 5.73 Å². The predicted molar refractivity (Wildman–Crippen MR) is 82.5 cm³/mol. The van der Waals surface area contributed by atoms with Crippen LogP contribution in [0.5, 0.6) is 0 Å². The van der Waals surface area contributed by atoms with Crippen LogP contribution in [0.25, 0.3) is 0 Å². The van der Waals surface area contributed by atoms with Crippen LogP contribution in [0.3, 0.4) is 0 Å². The third-order valence-corrected chi connectivity index (χ3v) is 3.92. The van der Waals surface area contributed by atoms with Crippen molar-refractivity contribution in [1.29, 1.82) is 0 Å². The van der Waals surface area contributed by atoms with Gasteiger partial charge < -0.3 is 10.6 Å². The third-order valence-electron chi connectivity index (χ3n) is 3.92. The summed E-state index contributed by atoms with van der Waals surface area (Å²) in [6, 6.07) is 8.08. The Balaban J connectivity index is 2.10. The summed E-state index contributed by atoms with van der Waals surface area (Å²) in [5, 5.41) is 0. The van der Waals surface area contributed by atoms with E-state index in [1.54, 1.807) is 0 Å². The maximum atomic E-state index is 12.6. The third kappa shape index (κ3) is 3.60. The average molecular weight is 274 g/mol. The Kier molecular flexibility index (Phi) is 4.48. The van der Waals surface area contributed by atoms with Crippen molar-refractivity contribution in [3.8, 4) is 0 Å². The van der Waals surface area contributed by atoms with Gasteiger partial charge in [0, 0.05) is 24.7 Å². The van der Waals surface area contributed by atoms with Gasteiger partial charge in [-0.1, -0.05) is 32.9 Å². The van der Waals surface area contributed by atoms with E-state index in [9.17, 15) is 4.79 Å². The van der Waals surface area contributed by atoms with E-state index >= 15 is 0 Å². The van der Waals surface area contributed by atoms with Gasteiger partial charge in [-0.15, -0.1) is 0 Å². The van der Waals surface area contributed by atoms with Gasteiger partial charge in [0.15, 0.2) is 0 Å². The van der Waals surface area contributed by atoms with Crippen LogP contribution in [0.1, 0.15) is 56.0 Å². The molecule has 1 aliphatic heterocycles. The van der Waals surface area contributed by atoms with Crippen LogP contribution < -0.4 is 5.73 Å². The van der Waals surface area contributed by atoms with E-state index in [2.05, 4.69) is 25.7 Å². The number of carbonyl (C=O) groups is 1. The number of nitrogens with zero attached hydrogens (tertiary/aromatic N) is 1. The molecule has 1 saturated heterocycles. The maximum Gasteiger partial charge on any atom is 0.254 e. The Morgan fingerprint density at radius 2 is 1.95 bits per heavy atom. The molecule has 2 rings (SSSR count). The van der Waals surface area contributed by atoms with Crippen molar-refractivity contribution in [3.05, 3.63) is 35.4 Å². The monoisotopic (exact) mass is 274 g/mol. The van der Waals surface area contributed by atoms with Gasteiger partial charge in [0.2, 0.25) is 0 Å². The van der Waals surface area contributed by atoms with Crippen molar-refractivity contribution in [2.75, 3.05) is 6.54 Å². The zero-order valence-electron chi connectivity index (χ0n) is 12.9. The van der Waals surface area contributed by atoms with Crippen molar-refractivity contribution >= 4 is 5.91 Å². The first kappa shape index (κ1) is 15.0. The Labute approximate surface area is 122 Å². The zero-order valence-corrected chi connectivity index (χ0v) is 12.9. The average Bonchev–Trinajstić information content (AvgIpc) is 2.84. The molecule has 110 valence electrons. The van der Waals surface area contributed by atoms with E-state index < -0.39 is 0 Å². The zero-order chi connectivity index (χ0) is 14.8. The molecule has 0 unspecified atom stereocenters. The highest BCUT2D eigenvalue weighted by molar-refractivity contribution is 5.94. The normalized spacial score (nSPS) is 19.4. The first-order valence-corrected chi connectivity index (χ1v) is 7.51. The molecule has 3 nitrogen and oxygen atoms in total. The van der Waals surface area contributed by atoms with Gasteiger partial charge in [-0.05, 0) is 42.4 Å². The van der Waals surface area contributed by atoms with E-state index in [1.807, 2.05) is 24.3 Å². The number of hydrogen-bond acceptors (Lipinski definition) is 2. The number of likely N-dealkylation sites (tertiary alicyclic amines) is 1. The lowest BCUT2D eigenvalue weighted by molar-refractivity contribution is 0.0704. The van der Waals surface area contributed by atoms with Crippen LogP contribution in [-0.2, 0) is 6.54 Å². The molecule has 0 radical (unpaired) electrons. The van der Waals surface area contributed by atoms with Crippen molar-refractivity contribution in [2.24, 2.45) is 11.1 Å². The summed E-state index contributed by atoms with van der Waals surface area (Å²) in [6.45, 7) is 8.13. The van der Waals surface area contributed by atoms with Crippen molar-refractivity contribution < 1.29 is 4.79 Å². The summed E-state index contributed by atoms with van der Waals surface area (Å²) >= 11 is 0. The highest BCUT2D eigenvalue weighted by atomic mass is 16.2.